The van der Waals surface area contributed by atoms with E-state index in [4.69, 9.17) is 5.11 Å². The van der Waals surface area contributed by atoms with Gasteiger partial charge < -0.3 is 10.1 Å². The molecule has 2 aromatic rings. The maximum atomic E-state index is 11.1. The Bertz CT molecular complexity index is 570. The minimum Gasteiger partial charge on any atom is -0.481 e. The molecule has 0 aliphatic carbocycles. The van der Waals surface area contributed by atoms with Gasteiger partial charge >= 0.3 is 5.97 Å². The summed E-state index contributed by atoms with van der Waals surface area (Å²) in [6.07, 6.45) is 0.476. The number of aliphatic carboxylic acids is 1. The van der Waals surface area contributed by atoms with E-state index < -0.39 is 11.4 Å². The van der Waals surface area contributed by atoms with Gasteiger partial charge in [0.25, 0.3) is 0 Å². The van der Waals surface area contributed by atoms with Crippen molar-refractivity contribution in [2.45, 2.75) is 27.2 Å². The molecule has 0 saturated carbocycles. The standard InChI is InChI=1S/C13H16N2O2/c1-8-14-10-6-4-5-9(11(10)15-8)7-13(2,3)12(16)17/h4-6H,7H2,1-3H3,(H,14,15)(H,16,17). The summed E-state index contributed by atoms with van der Waals surface area (Å²) in [7, 11) is 0. The minimum absolute atomic E-state index is 0.476. The second kappa shape index (κ2) is 3.87. The lowest BCUT2D eigenvalue weighted by molar-refractivity contribution is -0.146. The lowest BCUT2D eigenvalue weighted by atomic mass is 9.85. The zero-order valence-electron chi connectivity index (χ0n) is 10.2. The van der Waals surface area contributed by atoms with E-state index in [-0.39, 0.29) is 0 Å². The third kappa shape index (κ3) is 2.16. The SMILES string of the molecule is Cc1nc2c(CC(C)(C)C(=O)O)cccc2[nH]1. The normalized spacial score (nSPS) is 11.9. The Hall–Kier alpha value is -1.84. The van der Waals surface area contributed by atoms with Crippen molar-refractivity contribution in [2.75, 3.05) is 0 Å². The highest BCUT2D eigenvalue weighted by molar-refractivity contribution is 5.80. The van der Waals surface area contributed by atoms with Gasteiger partial charge in [0.15, 0.2) is 0 Å². The zero-order valence-corrected chi connectivity index (χ0v) is 10.2. The van der Waals surface area contributed by atoms with Gasteiger partial charge in [0.1, 0.15) is 5.82 Å². The van der Waals surface area contributed by atoms with Gasteiger partial charge in [0.2, 0.25) is 0 Å². The average Bonchev–Trinajstić information content (AvgIpc) is 2.59. The van der Waals surface area contributed by atoms with Crippen LogP contribution in [0.15, 0.2) is 18.2 Å². The van der Waals surface area contributed by atoms with Crippen molar-refractivity contribution in [3.8, 4) is 0 Å². The van der Waals surface area contributed by atoms with Gasteiger partial charge in [-0.15, -0.1) is 0 Å². The fraction of sp³-hybridized carbons (Fsp3) is 0.385. The second-order valence-electron chi connectivity index (χ2n) is 5.00. The summed E-state index contributed by atoms with van der Waals surface area (Å²) in [4.78, 5) is 18.7. The first-order valence-electron chi connectivity index (χ1n) is 5.58. The Labute approximate surface area is 99.7 Å². The van der Waals surface area contributed by atoms with E-state index in [0.29, 0.717) is 6.42 Å². The zero-order chi connectivity index (χ0) is 12.6. The van der Waals surface area contributed by atoms with Crippen LogP contribution in [0.3, 0.4) is 0 Å². The van der Waals surface area contributed by atoms with E-state index in [0.717, 1.165) is 22.4 Å². The third-order valence-corrected chi connectivity index (χ3v) is 2.93. The molecule has 1 aromatic carbocycles. The van der Waals surface area contributed by atoms with E-state index in [9.17, 15) is 4.79 Å². The van der Waals surface area contributed by atoms with Gasteiger partial charge in [-0.2, -0.15) is 0 Å². The second-order valence-corrected chi connectivity index (χ2v) is 5.00. The Morgan fingerprint density at radius 1 is 1.47 bits per heavy atom. The molecular weight excluding hydrogens is 216 g/mol. The Morgan fingerprint density at radius 2 is 2.18 bits per heavy atom. The van der Waals surface area contributed by atoms with Crippen molar-refractivity contribution >= 4 is 17.0 Å². The Balaban J connectivity index is 2.46. The molecule has 0 spiro atoms. The molecule has 0 aliphatic rings. The van der Waals surface area contributed by atoms with Crippen LogP contribution >= 0.6 is 0 Å². The Morgan fingerprint density at radius 3 is 2.82 bits per heavy atom. The molecule has 0 saturated heterocycles. The highest BCUT2D eigenvalue weighted by Gasteiger charge is 2.28. The number of nitrogens with one attached hydrogen (secondary N) is 1. The van der Waals surface area contributed by atoms with Crippen molar-refractivity contribution in [1.82, 2.24) is 9.97 Å². The van der Waals surface area contributed by atoms with Crippen LogP contribution in [0.2, 0.25) is 0 Å². The molecule has 0 aliphatic heterocycles. The van der Waals surface area contributed by atoms with Gasteiger partial charge in [0.05, 0.1) is 16.4 Å². The quantitative estimate of drug-likeness (QED) is 0.854. The lowest BCUT2D eigenvalue weighted by Gasteiger charge is -2.19. The number of hydrogen-bond donors (Lipinski definition) is 2. The van der Waals surface area contributed by atoms with E-state index in [1.165, 1.54) is 0 Å². The number of carbonyl (C=O) groups is 1. The van der Waals surface area contributed by atoms with Crippen molar-refractivity contribution in [1.29, 1.82) is 0 Å². The van der Waals surface area contributed by atoms with E-state index in [2.05, 4.69) is 9.97 Å². The van der Waals surface area contributed by atoms with Crippen LogP contribution in [0, 0.1) is 12.3 Å². The first kappa shape index (κ1) is 11.6. The van der Waals surface area contributed by atoms with Crippen molar-refractivity contribution in [3.63, 3.8) is 0 Å². The summed E-state index contributed by atoms with van der Waals surface area (Å²) in [5.74, 6) is 0.0577. The fourth-order valence-corrected chi connectivity index (χ4v) is 1.91. The molecule has 0 unspecified atom stereocenters. The maximum Gasteiger partial charge on any atom is 0.309 e. The molecular formula is C13H16N2O2. The molecule has 0 atom stereocenters. The van der Waals surface area contributed by atoms with Crippen molar-refractivity contribution in [2.24, 2.45) is 5.41 Å². The first-order chi connectivity index (χ1) is 7.90. The summed E-state index contributed by atoms with van der Waals surface area (Å²) in [5, 5.41) is 9.15. The number of aromatic nitrogens is 2. The predicted octanol–water partition coefficient (Wildman–Crippen LogP) is 2.52. The van der Waals surface area contributed by atoms with Gasteiger partial charge in [-0.05, 0) is 38.8 Å². The highest BCUT2D eigenvalue weighted by atomic mass is 16.4. The van der Waals surface area contributed by atoms with E-state index in [1.54, 1.807) is 13.8 Å². The summed E-state index contributed by atoms with van der Waals surface area (Å²) < 4.78 is 0. The van der Waals surface area contributed by atoms with Crippen LogP contribution in [0.4, 0.5) is 0 Å². The van der Waals surface area contributed by atoms with Gasteiger partial charge in [-0.25, -0.2) is 4.98 Å². The van der Waals surface area contributed by atoms with E-state index >= 15 is 0 Å². The summed E-state index contributed by atoms with van der Waals surface area (Å²) >= 11 is 0. The molecule has 17 heavy (non-hydrogen) atoms. The molecule has 1 heterocycles. The maximum absolute atomic E-state index is 11.1. The van der Waals surface area contributed by atoms with Crippen LogP contribution in [0.25, 0.3) is 11.0 Å². The van der Waals surface area contributed by atoms with E-state index in [1.807, 2.05) is 25.1 Å². The minimum atomic E-state index is -0.790. The fourth-order valence-electron chi connectivity index (χ4n) is 1.91. The molecule has 1 aromatic heterocycles. The van der Waals surface area contributed by atoms with Crippen LogP contribution < -0.4 is 0 Å². The van der Waals surface area contributed by atoms with Crippen molar-refractivity contribution < 1.29 is 9.90 Å². The van der Waals surface area contributed by atoms with Gasteiger partial charge in [-0.1, -0.05) is 12.1 Å². The molecule has 90 valence electrons. The largest absolute Gasteiger partial charge is 0.481 e. The van der Waals surface area contributed by atoms with Crippen LogP contribution in [0.1, 0.15) is 25.2 Å². The molecule has 4 heteroatoms. The summed E-state index contributed by atoms with van der Waals surface area (Å²) in [6, 6.07) is 5.81. The summed E-state index contributed by atoms with van der Waals surface area (Å²) in [5.41, 5.74) is 2.03. The topological polar surface area (TPSA) is 66.0 Å². The van der Waals surface area contributed by atoms with Gasteiger partial charge in [-0.3, -0.25) is 4.79 Å². The number of aryl methyl sites for hydroxylation is 1. The Kier molecular flexibility index (Phi) is 2.65. The number of imidazole rings is 1. The molecule has 0 radical (unpaired) electrons. The number of nitrogens with zero attached hydrogens (tertiary/aromatic N) is 1. The molecule has 0 fully saturated rings. The number of hydrogen-bond acceptors (Lipinski definition) is 2. The number of aromatic amines is 1. The smallest absolute Gasteiger partial charge is 0.309 e. The van der Waals surface area contributed by atoms with Gasteiger partial charge in [0, 0.05) is 0 Å². The number of H-pyrrole nitrogens is 1. The molecule has 4 nitrogen and oxygen atoms in total. The molecule has 0 amide bonds. The van der Waals surface area contributed by atoms with Crippen LogP contribution in [0.5, 0.6) is 0 Å². The number of carboxylic acids is 1. The number of rotatable bonds is 3. The van der Waals surface area contributed by atoms with Crippen molar-refractivity contribution in [3.05, 3.63) is 29.6 Å². The van der Waals surface area contributed by atoms with Crippen LogP contribution in [-0.2, 0) is 11.2 Å². The third-order valence-electron chi connectivity index (χ3n) is 2.93. The number of carboxylic acid groups (broad SMARTS) is 1. The average molecular weight is 232 g/mol. The first-order valence-corrected chi connectivity index (χ1v) is 5.58. The lowest BCUT2D eigenvalue weighted by Crippen LogP contribution is -2.26. The highest BCUT2D eigenvalue weighted by Crippen LogP contribution is 2.26. The van der Waals surface area contributed by atoms with Crippen LogP contribution in [-0.4, -0.2) is 21.0 Å². The predicted molar refractivity (Wildman–Crippen MR) is 66.0 cm³/mol. The molecule has 2 N–H and O–H groups in total. The molecule has 2 rings (SSSR count). The summed E-state index contributed by atoms with van der Waals surface area (Å²) in [6.45, 7) is 5.35. The monoisotopic (exact) mass is 232 g/mol. The molecule has 0 bridgehead atoms. The number of fused-ring (bicyclic) bond motifs is 1. The number of para-hydroxylation sites is 1. The number of benzene rings is 1.